The van der Waals surface area contributed by atoms with E-state index in [-0.39, 0.29) is 18.0 Å². The first-order valence-electron chi connectivity index (χ1n) is 6.04. The Labute approximate surface area is 117 Å². The van der Waals surface area contributed by atoms with Gasteiger partial charge in [0.15, 0.2) is 0 Å². The molecular formula is C13H16N2O4S. The van der Waals surface area contributed by atoms with E-state index in [1.165, 1.54) is 12.3 Å². The van der Waals surface area contributed by atoms with Gasteiger partial charge in [-0.1, -0.05) is 11.2 Å². The Morgan fingerprint density at radius 3 is 2.65 bits per heavy atom. The van der Waals surface area contributed by atoms with Crippen molar-refractivity contribution in [3.05, 3.63) is 46.8 Å². The standard InChI is InChI=1S/C13H16N2O4S/c1-9-5-10(2)13(6-11(9)8-16)20(17,18)14-7-12-3-4-19-15-12/h3-6,14,16H,7-8H2,1-2H3. The highest BCUT2D eigenvalue weighted by atomic mass is 32.2. The van der Waals surface area contributed by atoms with Crippen molar-refractivity contribution in [1.82, 2.24) is 9.88 Å². The van der Waals surface area contributed by atoms with Crippen molar-refractivity contribution in [3.63, 3.8) is 0 Å². The van der Waals surface area contributed by atoms with Crippen molar-refractivity contribution in [1.29, 1.82) is 0 Å². The van der Waals surface area contributed by atoms with Crippen LogP contribution in [0.3, 0.4) is 0 Å². The monoisotopic (exact) mass is 296 g/mol. The van der Waals surface area contributed by atoms with Gasteiger partial charge in [0.25, 0.3) is 0 Å². The summed E-state index contributed by atoms with van der Waals surface area (Å²) in [4.78, 5) is 0.163. The summed E-state index contributed by atoms with van der Waals surface area (Å²) in [7, 11) is -3.66. The lowest BCUT2D eigenvalue weighted by atomic mass is 10.1. The first kappa shape index (κ1) is 14.7. The molecule has 0 fully saturated rings. The van der Waals surface area contributed by atoms with E-state index in [2.05, 4.69) is 14.4 Å². The third kappa shape index (κ3) is 3.06. The van der Waals surface area contributed by atoms with E-state index >= 15 is 0 Å². The van der Waals surface area contributed by atoms with Gasteiger partial charge in [-0.2, -0.15) is 0 Å². The predicted molar refractivity (Wildman–Crippen MR) is 72.4 cm³/mol. The van der Waals surface area contributed by atoms with Crippen LogP contribution in [0, 0.1) is 13.8 Å². The van der Waals surface area contributed by atoms with Crippen molar-refractivity contribution in [3.8, 4) is 0 Å². The number of aryl methyl sites for hydroxylation is 2. The van der Waals surface area contributed by atoms with E-state index in [4.69, 9.17) is 0 Å². The molecule has 6 nitrogen and oxygen atoms in total. The fourth-order valence-corrected chi connectivity index (χ4v) is 3.18. The lowest BCUT2D eigenvalue weighted by Gasteiger charge is -2.12. The minimum absolute atomic E-state index is 0.0562. The molecule has 0 atom stereocenters. The molecule has 0 radical (unpaired) electrons. The van der Waals surface area contributed by atoms with Gasteiger partial charge in [0.1, 0.15) is 6.26 Å². The van der Waals surface area contributed by atoms with Crippen LogP contribution < -0.4 is 4.72 Å². The van der Waals surface area contributed by atoms with Crippen LogP contribution >= 0.6 is 0 Å². The topological polar surface area (TPSA) is 92.4 Å². The van der Waals surface area contributed by atoms with Crippen LogP contribution in [0.25, 0.3) is 0 Å². The Morgan fingerprint density at radius 1 is 1.30 bits per heavy atom. The molecular weight excluding hydrogens is 280 g/mol. The molecule has 0 unspecified atom stereocenters. The molecule has 0 aliphatic heterocycles. The number of nitrogens with one attached hydrogen (secondary N) is 1. The van der Waals surface area contributed by atoms with Gasteiger partial charge in [-0.15, -0.1) is 0 Å². The van der Waals surface area contributed by atoms with Gasteiger partial charge in [-0.05, 0) is 36.6 Å². The van der Waals surface area contributed by atoms with E-state index in [9.17, 15) is 13.5 Å². The number of hydrogen-bond acceptors (Lipinski definition) is 5. The van der Waals surface area contributed by atoms with Gasteiger partial charge in [-0.25, -0.2) is 13.1 Å². The molecule has 1 heterocycles. The van der Waals surface area contributed by atoms with Gasteiger partial charge in [0.2, 0.25) is 10.0 Å². The first-order chi connectivity index (χ1) is 9.44. The summed E-state index contributed by atoms with van der Waals surface area (Å²) in [6.45, 7) is 3.41. The van der Waals surface area contributed by atoms with Crippen molar-refractivity contribution < 1.29 is 18.0 Å². The maximum Gasteiger partial charge on any atom is 0.241 e. The molecule has 2 aromatic rings. The molecule has 1 aromatic carbocycles. The Bertz CT molecular complexity index is 693. The van der Waals surface area contributed by atoms with Crippen LogP contribution in [0.4, 0.5) is 0 Å². The normalized spacial score (nSPS) is 11.8. The first-order valence-corrected chi connectivity index (χ1v) is 7.52. The molecule has 0 aliphatic carbocycles. The zero-order valence-electron chi connectivity index (χ0n) is 11.3. The van der Waals surface area contributed by atoms with Crippen LogP contribution in [0.15, 0.2) is 33.9 Å². The summed E-state index contributed by atoms with van der Waals surface area (Å²) in [5, 5.41) is 12.9. The maximum atomic E-state index is 12.3. The number of sulfonamides is 1. The fraction of sp³-hybridized carbons (Fsp3) is 0.308. The number of hydrogen-bond donors (Lipinski definition) is 2. The molecule has 0 bridgehead atoms. The van der Waals surface area contributed by atoms with E-state index in [1.807, 2.05) is 6.92 Å². The van der Waals surface area contributed by atoms with Crippen molar-refractivity contribution >= 4 is 10.0 Å². The molecule has 0 saturated carbocycles. The Kier molecular flexibility index (Phi) is 4.22. The molecule has 1 aromatic heterocycles. The highest BCUT2D eigenvalue weighted by Crippen LogP contribution is 2.20. The van der Waals surface area contributed by atoms with Gasteiger partial charge in [-0.3, -0.25) is 0 Å². The van der Waals surface area contributed by atoms with Gasteiger partial charge in [0.05, 0.1) is 23.7 Å². The van der Waals surface area contributed by atoms with E-state index in [0.29, 0.717) is 16.8 Å². The number of nitrogens with zero attached hydrogens (tertiary/aromatic N) is 1. The largest absolute Gasteiger partial charge is 0.392 e. The fourth-order valence-electron chi connectivity index (χ4n) is 1.91. The number of aliphatic hydroxyl groups excluding tert-OH is 1. The molecule has 0 saturated heterocycles. The van der Waals surface area contributed by atoms with Crippen molar-refractivity contribution in [2.24, 2.45) is 0 Å². The minimum atomic E-state index is -3.66. The summed E-state index contributed by atoms with van der Waals surface area (Å²) >= 11 is 0. The Morgan fingerprint density at radius 2 is 2.05 bits per heavy atom. The summed E-state index contributed by atoms with van der Waals surface area (Å²) in [5.74, 6) is 0. The maximum absolute atomic E-state index is 12.3. The van der Waals surface area contributed by atoms with Gasteiger partial charge >= 0.3 is 0 Å². The third-order valence-corrected chi connectivity index (χ3v) is 4.57. The SMILES string of the molecule is Cc1cc(C)c(S(=O)(=O)NCc2ccon2)cc1CO. The lowest BCUT2D eigenvalue weighted by Crippen LogP contribution is -2.24. The minimum Gasteiger partial charge on any atom is -0.392 e. The van der Waals surface area contributed by atoms with Crippen molar-refractivity contribution in [2.75, 3.05) is 0 Å². The molecule has 20 heavy (non-hydrogen) atoms. The molecule has 7 heteroatoms. The Balaban J connectivity index is 2.29. The second kappa shape index (κ2) is 5.74. The highest BCUT2D eigenvalue weighted by molar-refractivity contribution is 7.89. The predicted octanol–water partition coefficient (Wildman–Crippen LogP) is 1.26. The second-order valence-corrected chi connectivity index (χ2v) is 6.25. The van der Waals surface area contributed by atoms with E-state index in [0.717, 1.165) is 5.56 Å². The average molecular weight is 296 g/mol. The van der Waals surface area contributed by atoms with Crippen molar-refractivity contribution in [2.45, 2.75) is 31.9 Å². The zero-order chi connectivity index (χ0) is 14.8. The Hall–Kier alpha value is -1.70. The zero-order valence-corrected chi connectivity index (χ0v) is 12.1. The third-order valence-electron chi connectivity index (χ3n) is 3.03. The molecule has 0 spiro atoms. The second-order valence-electron chi connectivity index (χ2n) is 4.52. The van der Waals surface area contributed by atoms with E-state index in [1.54, 1.807) is 19.1 Å². The summed E-state index contributed by atoms with van der Waals surface area (Å²) in [5.41, 5.74) is 2.59. The van der Waals surface area contributed by atoms with Crippen LogP contribution in [0.1, 0.15) is 22.4 Å². The highest BCUT2D eigenvalue weighted by Gasteiger charge is 2.18. The average Bonchev–Trinajstić information content (AvgIpc) is 2.89. The quantitative estimate of drug-likeness (QED) is 0.866. The summed E-state index contributed by atoms with van der Waals surface area (Å²) < 4.78 is 31.7. The number of aliphatic hydroxyl groups is 1. The van der Waals surface area contributed by atoms with Crippen LogP contribution in [-0.2, 0) is 23.2 Å². The molecule has 2 N–H and O–H groups in total. The number of rotatable bonds is 5. The summed E-state index contributed by atoms with van der Waals surface area (Å²) in [6.07, 6.45) is 1.38. The summed E-state index contributed by atoms with van der Waals surface area (Å²) in [6, 6.07) is 4.83. The lowest BCUT2D eigenvalue weighted by molar-refractivity contribution is 0.280. The number of benzene rings is 1. The molecule has 108 valence electrons. The molecule has 0 amide bonds. The van der Waals surface area contributed by atoms with Gasteiger partial charge in [0, 0.05) is 6.07 Å². The van der Waals surface area contributed by atoms with Crippen LogP contribution in [-0.4, -0.2) is 18.7 Å². The number of aromatic nitrogens is 1. The van der Waals surface area contributed by atoms with E-state index < -0.39 is 10.0 Å². The van der Waals surface area contributed by atoms with Gasteiger partial charge < -0.3 is 9.63 Å². The molecule has 2 rings (SSSR count). The van der Waals surface area contributed by atoms with Crippen LogP contribution in [0.5, 0.6) is 0 Å². The molecule has 0 aliphatic rings. The smallest absolute Gasteiger partial charge is 0.241 e. The van der Waals surface area contributed by atoms with Crippen LogP contribution in [0.2, 0.25) is 0 Å².